The number of hydrogen-bond donors (Lipinski definition) is 1. The number of aliphatic hydroxyl groups excluding tert-OH is 1. The van der Waals surface area contributed by atoms with Crippen LogP contribution in [0.3, 0.4) is 0 Å². The van der Waals surface area contributed by atoms with Crippen molar-refractivity contribution in [2.75, 3.05) is 45.1 Å². The molecular formula is C20H29N5O3S. The van der Waals surface area contributed by atoms with Gasteiger partial charge in [-0.2, -0.15) is 5.10 Å². The quantitative estimate of drug-likeness (QED) is 0.666. The molecule has 2 aliphatic rings. The van der Waals surface area contributed by atoms with Crippen molar-refractivity contribution in [1.29, 1.82) is 0 Å². The van der Waals surface area contributed by atoms with Gasteiger partial charge in [0.1, 0.15) is 12.2 Å². The van der Waals surface area contributed by atoms with Gasteiger partial charge in [0.15, 0.2) is 9.84 Å². The Morgan fingerprint density at radius 2 is 1.90 bits per heavy atom. The lowest BCUT2D eigenvalue weighted by atomic mass is 9.82. The van der Waals surface area contributed by atoms with Crippen LogP contribution in [-0.4, -0.2) is 83.2 Å². The topological polar surface area (TPSA) is 91.6 Å². The van der Waals surface area contributed by atoms with E-state index in [0.717, 1.165) is 45.1 Å². The van der Waals surface area contributed by atoms with Crippen LogP contribution in [-0.2, 0) is 22.9 Å². The van der Waals surface area contributed by atoms with Crippen LogP contribution in [0.15, 0.2) is 41.6 Å². The Balaban J connectivity index is 1.36. The minimum atomic E-state index is -3.28. The first-order chi connectivity index (χ1) is 14.0. The number of likely N-dealkylation sites (tertiary alicyclic amines) is 2. The fourth-order valence-corrected chi connectivity index (χ4v) is 6.09. The summed E-state index contributed by atoms with van der Waals surface area (Å²) in [6.07, 6.45) is 1.59. The molecule has 2 aromatic rings. The summed E-state index contributed by atoms with van der Waals surface area (Å²) in [6, 6.07) is 8.62. The van der Waals surface area contributed by atoms with E-state index in [1.54, 1.807) is 30.6 Å². The number of hydrogen-bond acceptors (Lipinski definition) is 7. The Morgan fingerprint density at radius 1 is 1.17 bits per heavy atom. The lowest BCUT2D eigenvalue weighted by Crippen LogP contribution is -2.38. The average Bonchev–Trinajstić information content (AvgIpc) is 3.40. The zero-order valence-corrected chi connectivity index (χ0v) is 17.6. The highest BCUT2D eigenvalue weighted by Crippen LogP contribution is 2.42. The van der Waals surface area contributed by atoms with E-state index in [9.17, 15) is 13.5 Å². The summed E-state index contributed by atoms with van der Waals surface area (Å²) in [5, 5.41) is 14.4. The van der Waals surface area contributed by atoms with Crippen LogP contribution in [0.5, 0.6) is 0 Å². The number of rotatable bonds is 8. The van der Waals surface area contributed by atoms with Crippen LogP contribution in [0.1, 0.15) is 12.7 Å². The van der Waals surface area contributed by atoms with Gasteiger partial charge in [0.2, 0.25) is 0 Å². The van der Waals surface area contributed by atoms with Gasteiger partial charge in [-0.3, -0.25) is 4.90 Å². The van der Waals surface area contributed by atoms with Crippen molar-refractivity contribution in [1.82, 2.24) is 24.6 Å². The summed E-state index contributed by atoms with van der Waals surface area (Å²) in [5.74, 6) is 1.39. The standard InChI is InChI=1S/C20H29N5O3S/c1-2-25-19(21-16-22-25)12-24-11-17-10-23(13-20(17,14-24)15-26)8-9-29(27,28)18-6-4-3-5-7-18/h3-7,16-17,26H,2,8-15H2,1H3. The molecule has 0 amide bonds. The second kappa shape index (κ2) is 8.14. The predicted molar refractivity (Wildman–Crippen MR) is 109 cm³/mol. The lowest BCUT2D eigenvalue weighted by Gasteiger charge is -2.27. The summed E-state index contributed by atoms with van der Waals surface area (Å²) in [7, 11) is -3.28. The first-order valence-corrected chi connectivity index (χ1v) is 11.8. The van der Waals surface area contributed by atoms with Crippen molar-refractivity contribution < 1.29 is 13.5 Å². The molecule has 0 radical (unpaired) electrons. The summed E-state index contributed by atoms with van der Waals surface area (Å²) in [4.78, 5) is 9.29. The first kappa shape index (κ1) is 20.5. The molecule has 0 aliphatic carbocycles. The molecular weight excluding hydrogens is 390 g/mol. The number of fused-ring (bicyclic) bond motifs is 1. The van der Waals surface area contributed by atoms with Crippen LogP contribution in [0, 0.1) is 11.3 Å². The SMILES string of the molecule is CCn1ncnc1CN1CC2CN(CCS(=O)(=O)c3ccccc3)CC2(CO)C1. The Kier molecular flexibility index (Phi) is 5.74. The van der Waals surface area contributed by atoms with Crippen molar-refractivity contribution in [3.05, 3.63) is 42.5 Å². The number of sulfone groups is 1. The van der Waals surface area contributed by atoms with Gasteiger partial charge >= 0.3 is 0 Å². The van der Waals surface area contributed by atoms with Gasteiger partial charge in [0, 0.05) is 44.7 Å². The predicted octanol–water partition coefficient (Wildman–Crippen LogP) is 0.498. The van der Waals surface area contributed by atoms with Crippen molar-refractivity contribution in [2.24, 2.45) is 11.3 Å². The number of benzene rings is 1. The molecule has 2 atom stereocenters. The fourth-order valence-electron chi connectivity index (χ4n) is 4.79. The zero-order chi connectivity index (χ0) is 20.5. The van der Waals surface area contributed by atoms with Crippen molar-refractivity contribution in [3.63, 3.8) is 0 Å². The van der Waals surface area contributed by atoms with Gasteiger partial charge in [-0.25, -0.2) is 18.1 Å². The number of aliphatic hydroxyl groups is 1. The normalized spacial score (nSPS) is 25.5. The Morgan fingerprint density at radius 3 is 2.59 bits per heavy atom. The number of nitrogens with zero attached hydrogens (tertiary/aromatic N) is 5. The van der Waals surface area contributed by atoms with E-state index in [1.807, 2.05) is 17.7 Å². The Hall–Kier alpha value is -1.81. The number of aromatic nitrogens is 3. The molecule has 8 nitrogen and oxygen atoms in total. The second-order valence-electron chi connectivity index (χ2n) is 8.25. The molecule has 3 heterocycles. The third-order valence-electron chi connectivity index (χ3n) is 6.35. The highest BCUT2D eigenvalue weighted by molar-refractivity contribution is 7.91. The van der Waals surface area contributed by atoms with Gasteiger partial charge in [-0.15, -0.1) is 0 Å². The molecule has 0 bridgehead atoms. The van der Waals surface area contributed by atoms with Crippen molar-refractivity contribution in [3.8, 4) is 0 Å². The molecule has 2 aliphatic heterocycles. The number of aryl methyl sites for hydroxylation is 1. The Bertz CT molecular complexity index is 933. The monoisotopic (exact) mass is 419 g/mol. The molecule has 1 aromatic carbocycles. The third-order valence-corrected chi connectivity index (χ3v) is 8.06. The van der Waals surface area contributed by atoms with Crippen LogP contribution in [0.25, 0.3) is 0 Å². The largest absolute Gasteiger partial charge is 0.396 e. The molecule has 2 saturated heterocycles. The van der Waals surface area contributed by atoms with E-state index in [0.29, 0.717) is 17.4 Å². The maximum Gasteiger partial charge on any atom is 0.179 e. The maximum atomic E-state index is 12.6. The molecule has 1 aromatic heterocycles. The smallest absolute Gasteiger partial charge is 0.179 e. The highest BCUT2D eigenvalue weighted by atomic mass is 32.2. The van der Waals surface area contributed by atoms with Crippen LogP contribution in [0.4, 0.5) is 0 Å². The van der Waals surface area contributed by atoms with E-state index >= 15 is 0 Å². The molecule has 0 saturated carbocycles. The summed E-state index contributed by atoms with van der Waals surface area (Å²) in [6.45, 7) is 7.43. The average molecular weight is 420 g/mol. The summed E-state index contributed by atoms with van der Waals surface area (Å²) < 4.78 is 27.1. The highest BCUT2D eigenvalue weighted by Gasteiger charge is 2.52. The van der Waals surface area contributed by atoms with E-state index in [1.165, 1.54) is 0 Å². The fraction of sp³-hybridized carbons (Fsp3) is 0.600. The third kappa shape index (κ3) is 4.09. The van der Waals surface area contributed by atoms with E-state index < -0.39 is 9.84 Å². The lowest BCUT2D eigenvalue weighted by molar-refractivity contribution is 0.112. The molecule has 1 N–H and O–H groups in total. The molecule has 158 valence electrons. The molecule has 2 fully saturated rings. The van der Waals surface area contributed by atoms with E-state index in [2.05, 4.69) is 19.9 Å². The summed E-state index contributed by atoms with van der Waals surface area (Å²) in [5.41, 5.74) is -0.187. The zero-order valence-electron chi connectivity index (χ0n) is 16.8. The van der Waals surface area contributed by atoms with Crippen LogP contribution >= 0.6 is 0 Å². The minimum absolute atomic E-state index is 0.106. The van der Waals surface area contributed by atoms with Gasteiger partial charge in [0.25, 0.3) is 0 Å². The summed E-state index contributed by atoms with van der Waals surface area (Å²) >= 11 is 0. The molecule has 29 heavy (non-hydrogen) atoms. The van der Waals surface area contributed by atoms with Gasteiger partial charge in [-0.1, -0.05) is 18.2 Å². The minimum Gasteiger partial charge on any atom is -0.396 e. The van der Waals surface area contributed by atoms with Crippen molar-refractivity contribution >= 4 is 9.84 Å². The van der Waals surface area contributed by atoms with Gasteiger partial charge in [-0.05, 0) is 25.0 Å². The molecule has 4 rings (SSSR count). The first-order valence-electron chi connectivity index (χ1n) is 10.2. The van der Waals surface area contributed by atoms with E-state index in [-0.39, 0.29) is 17.8 Å². The van der Waals surface area contributed by atoms with Crippen LogP contribution in [0.2, 0.25) is 0 Å². The molecule has 0 spiro atoms. The second-order valence-corrected chi connectivity index (χ2v) is 10.4. The van der Waals surface area contributed by atoms with Gasteiger partial charge in [0.05, 0.1) is 23.8 Å². The van der Waals surface area contributed by atoms with Crippen LogP contribution < -0.4 is 0 Å². The van der Waals surface area contributed by atoms with Crippen molar-refractivity contribution in [2.45, 2.75) is 24.9 Å². The molecule has 2 unspecified atom stereocenters. The van der Waals surface area contributed by atoms with Gasteiger partial charge < -0.3 is 10.0 Å². The molecule has 9 heteroatoms. The Labute approximate surface area is 172 Å². The maximum absolute atomic E-state index is 12.6. The van der Waals surface area contributed by atoms with E-state index in [4.69, 9.17) is 0 Å².